The first kappa shape index (κ1) is 18.9. The number of aromatic nitrogens is 3. The van der Waals surface area contributed by atoms with Crippen LogP contribution >= 0.6 is 11.3 Å². The van der Waals surface area contributed by atoms with Crippen LogP contribution < -0.4 is 10.1 Å². The number of hydrogen-bond acceptors (Lipinski definition) is 5. The second kappa shape index (κ2) is 7.20. The molecule has 1 atom stereocenters. The molecular formula is C21H26N4O2S. The Bertz CT molecular complexity index is 1020. The van der Waals surface area contributed by atoms with Crippen LogP contribution in [0.3, 0.4) is 0 Å². The number of hydrogen-bond donors (Lipinski definition) is 2. The van der Waals surface area contributed by atoms with Gasteiger partial charge in [-0.05, 0) is 49.7 Å². The maximum atomic E-state index is 12.9. The van der Waals surface area contributed by atoms with Crippen molar-refractivity contribution in [3.63, 3.8) is 0 Å². The van der Waals surface area contributed by atoms with Crippen LogP contribution in [0.15, 0.2) is 18.2 Å². The molecule has 0 radical (unpaired) electrons. The Kier molecular flexibility index (Phi) is 4.87. The summed E-state index contributed by atoms with van der Waals surface area (Å²) >= 11 is 1.44. The van der Waals surface area contributed by atoms with E-state index in [9.17, 15) is 4.79 Å². The first-order valence-corrected chi connectivity index (χ1v) is 10.6. The van der Waals surface area contributed by atoms with Crippen molar-refractivity contribution in [2.24, 2.45) is 11.3 Å². The number of para-hydroxylation sites is 1. The van der Waals surface area contributed by atoms with Crippen LogP contribution in [-0.4, -0.2) is 27.7 Å². The maximum absolute atomic E-state index is 12.9. The van der Waals surface area contributed by atoms with Gasteiger partial charge >= 0.3 is 0 Å². The Morgan fingerprint density at radius 2 is 2.21 bits per heavy atom. The number of H-pyrrole nitrogens is 1. The molecule has 0 bridgehead atoms. The normalized spacial score (nSPS) is 16.8. The van der Waals surface area contributed by atoms with Crippen LogP contribution in [0.4, 0.5) is 5.13 Å². The van der Waals surface area contributed by atoms with Crippen molar-refractivity contribution in [3.8, 4) is 5.75 Å². The summed E-state index contributed by atoms with van der Waals surface area (Å²) in [6.45, 7) is 9.31. The molecule has 0 unspecified atom stereocenters. The van der Waals surface area contributed by atoms with Gasteiger partial charge in [0.25, 0.3) is 5.91 Å². The second-order valence-corrected chi connectivity index (χ2v) is 9.37. The lowest BCUT2D eigenvalue weighted by Gasteiger charge is -2.33. The van der Waals surface area contributed by atoms with Gasteiger partial charge in [-0.15, -0.1) is 0 Å². The molecule has 0 saturated carbocycles. The fourth-order valence-electron chi connectivity index (χ4n) is 3.83. The summed E-state index contributed by atoms with van der Waals surface area (Å²) < 4.78 is 6.63. The standard InChI is InChI=1S/C21H26N4O2S/c1-5-27-15-7-6-8-16-18(15)22-20(28-16)23-19(26)17-13-11-12(21(2,3)4)9-10-14(13)24-25-17/h6-8,12H,5,9-11H2,1-4H3,(H,24,25)(H,22,23,26)/t12-/m0/s1. The van der Waals surface area contributed by atoms with E-state index in [2.05, 4.69) is 41.3 Å². The van der Waals surface area contributed by atoms with Gasteiger partial charge in [-0.2, -0.15) is 5.10 Å². The van der Waals surface area contributed by atoms with Crippen molar-refractivity contribution in [1.82, 2.24) is 15.2 Å². The lowest BCUT2D eigenvalue weighted by molar-refractivity contribution is 0.102. The number of ether oxygens (including phenoxy) is 1. The lowest BCUT2D eigenvalue weighted by Crippen LogP contribution is -2.28. The van der Waals surface area contributed by atoms with E-state index < -0.39 is 0 Å². The van der Waals surface area contributed by atoms with Crippen molar-refractivity contribution in [1.29, 1.82) is 0 Å². The topological polar surface area (TPSA) is 79.9 Å². The Hall–Kier alpha value is -2.41. The molecule has 7 heteroatoms. The first-order valence-electron chi connectivity index (χ1n) is 9.76. The van der Waals surface area contributed by atoms with Gasteiger partial charge in [-0.25, -0.2) is 4.98 Å². The molecule has 4 rings (SSSR count). The van der Waals surface area contributed by atoms with Crippen LogP contribution in [-0.2, 0) is 12.8 Å². The number of aryl methyl sites for hydroxylation is 1. The van der Waals surface area contributed by atoms with Crippen LogP contribution in [0.25, 0.3) is 10.2 Å². The van der Waals surface area contributed by atoms with Gasteiger partial charge < -0.3 is 4.74 Å². The van der Waals surface area contributed by atoms with Gasteiger partial charge in [0.05, 0.1) is 11.3 Å². The zero-order chi connectivity index (χ0) is 19.9. The highest BCUT2D eigenvalue weighted by molar-refractivity contribution is 7.22. The zero-order valence-corrected chi connectivity index (χ0v) is 17.6. The van der Waals surface area contributed by atoms with Gasteiger partial charge in [0.15, 0.2) is 10.8 Å². The van der Waals surface area contributed by atoms with E-state index in [1.54, 1.807) is 0 Å². The number of nitrogens with zero attached hydrogens (tertiary/aromatic N) is 2. The van der Waals surface area contributed by atoms with Gasteiger partial charge in [-0.3, -0.25) is 15.2 Å². The van der Waals surface area contributed by atoms with Gasteiger partial charge in [0.2, 0.25) is 0 Å². The average Bonchev–Trinajstić information content (AvgIpc) is 3.24. The summed E-state index contributed by atoms with van der Waals surface area (Å²) in [5.74, 6) is 1.08. The summed E-state index contributed by atoms with van der Waals surface area (Å²) in [5, 5.41) is 10.9. The minimum Gasteiger partial charge on any atom is -0.492 e. The molecule has 28 heavy (non-hydrogen) atoms. The summed E-state index contributed by atoms with van der Waals surface area (Å²) in [6.07, 6.45) is 2.95. The molecule has 6 nitrogen and oxygen atoms in total. The minimum atomic E-state index is -0.205. The lowest BCUT2D eigenvalue weighted by atomic mass is 9.71. The number of anilines is 1. The quantitative estimate of drug-likeness (QED) is 0.660. The third-order valence-corrected chi connectivity index (χ3v) is 6.42. The zero-order valence-electron chi connectivity index (χ0n) is 16.8. The monoisotopic (exact) mass is 398 g/mol. The van der Waals surface area contributed by atoms with E-state index in [1.165, 1.54) is 11.3 Å². The third-order valence-electron chi connectivity index (χ3n) is 5.49. The molecule has 1 amide bonds. The molecule has 2 heterocycles. The second-order valence-electron chi connectivity index (χ2n) is 8.34. The number of thiazole rings is 1. The van der Waals surface area contributed by atoms with Gasteiger partial charge in [-0.1, -0.05) is 38.2 Å². The predicted molar refractivity (Wildman–Crippen MR) is 112 cm³/mol. The number of nitrogens with one attached hydrogen (secondary N) is 2. The number of carbonyl (C=O) groups is 1. The van der Waals surface area contributed by atoms with Crippen molar-refractivity contribution in [3.05, 3.63) is 35.2 Å². The molecule has 2 N–H and O–H groups in total. The SMILES string of the molecule is CCOc1cccc2sc(NC(=O)c3n[nH]c4c3C[C@@H](C(C)(C)C)CC4)nc12. The molecule has 148 valence electrons. The molecule has 1 aliphatic carbocycles. The number of aromatic amines is 1. The number of rotatable bonds is 4. The predicted octanol–water partition coefficient (Wildman–Crippen LogP) is 4.82. The van der Waals surface area contributed by atoms with E-state index in [4.69, 9.17) is 4.74 Å². The Labute approximate surface area is 168 Å². The number of fused-ring (bicyclic) bond motifs is 2. The van der Waals surface area contributed by atoms with Crippen LogP contribution in [0.2, 0.25) is 0 Å². The summed E-state index contributed by atoms with van der Waals surface area (Å²) in [4.78, 5) is 17.5. The maximum Gasteiger partial charge on any atom is 0.278 e. The van der Waals surface area contributed by atoms with Crippen molar-refractivity contribution < 1.29 is 9.53 Å². The molecule has 1 aromatic carbocycles. The van der Waals surface area contributed by atoms with Crippen molar-refractivity contribution in [2.45, 2.75) is 47.0 Å². The molecule has 1 aliphatic rings. The Morgan fingerprint density at radius 3 is 2.96 bits per heavy atom. The molecule has 0 saturated heterocycles. The summed E-state index contributed by atoms with van der Waals surface area (Å²) in [7, 11) is 0. The van der Waals surface area contributed by atoms with Crippen LogP contribution in [0, 0.1) is 11.3 Å². The number of amides is 1. The van der Waals surface area contributed by atoms with Crippen molar-refractivity contribution in [2.75, 3.05) is 11.9 Å². The first-order chi connectivity index (χ1) is 13.4. The molecule has 0 aliphatic heterocycles. The molecule has 0 spiro atoms. The smallest absolute Gasteiger partial charge is 0.278 e. The fraction of sp³-hybridized carbons (Fsp3) is 0.476. The van der Waals surface area contributed by atoms with Crippen LogP contribution in [0.5, 0.6) is 5.75 Å². The summed E-state index contributed by atoms with van der Waals surface area (Å²) in [6, 6.07) is 5.82. The highest BCUT2D eigenvalue weighted by Gasteiger charge is 2.32. The fourth-order valence-corrected chi connectivity index (χ4v) is 4.71. The molecule has 2 aromatic heterocycles. The summed E-state index contributed by atoms with van der Waals surface area (Å²) in [5.41, 5.74) is 3.63. The van der Waals surface area contributed by atoms with E-state index in [1.807, 2.05) is 25.1 Å². The Balaban J connectivity index is 1.58. The number of carbonyl (C=O) groups excluding carboxylic acids is 1. The van der Waals surface area contributed by atoms with Gasteiger partial charge in [0, 0.05) is 11.3 Å². The van der Waals surface area contributed by atoms with E-state index in [0.717, 1.165) is 46.5 Å². The van der Waals surface area contributed by atoms with Crippen LogP contribution in [0.1, 0.15) is 55.9 Å². The number of benzene rings is 1. The third kappa shape index (κ3) is 3.51. The van der Waals surface area contributed by atoms with E-state index in [-0.39, 0.29) is 11.3 Å². The molecular weight excluding hydrogens is 372 g/mol. The minimum absolute atomic E-state index is 0.205. The molecule has 0 fully saturated rings. The van der Waals surface area contributed by atoms with Gasteiger partial charge in [0.1, 0.15) is 11.3 Å². The Morgan fingerprint density at radius 1 is 1.39 bits per heavy atom. The largest absolute Gasteiger partial charge is 0.492 e. The van der Waals surface area contributed by atoms with E-state index >= 15 is 0 Å². The van der Waals surface area contributed by atoms with Crippen molar-refractivity contribution >= 4 is 32.6 Å². The average molecular weight is 399 g/mol. The highest BCUT2D eigenvalue weighted by Crippen LogP contribution is 2.38. The highest BCUT2D eigenvalue weighted by atomic mass is 32.1. The van der Waals surface area contributed by atoms with E-state index in [0.29, 0.717) is 23.4 Å². The molecule has 3 aromatic rings.